The highest BCUT2D eigenvalue weighted by Crippen LogP contribution is 2.29. The van der Waals surface area contributed by atoms with Gasteiger partial charge in [-0.05, 0) is 42.7 Å². The molecule has 0 saturated heterocycles. The van der Waals surface area contributed by atoms with E-state index in [1.54, 1.807) is 44.2 Å². The van der Waals surface area contributed by atoms with Gasteiger partial charge < -0.3 is 10.2 Å². The Morgan fingerprint density at radius 1 is 0.895 bits per heavy atom. The molecule has 3 aromatic rings. The molecule has 7 nitrogen and oxygen atoms in total. The molecule has 0 heterocycles. The number of hydrogen-bond donors (Lipinski definition) is 1. The van der Waals surface area contributed by atoms with Gasteiger partial charge >= 0.3 is 0 Å². The highest BCUT2D eigenvalue weighted by molar-refractivity contribution is 7.92. The number of amides is 2. The third kappa shape index (κ3) is 7.07. The maximum absolute atomic E-state index is 14.0. The number of nitrogens with one attached hydrogen (secondary N) is 1. The van der Waals surface area contributed by atoms with Crippen molar-refractivity contribution in [1.29, 1.82) is 0 Å². The summed E-state index contributed by atoms with van der Waals surface area (Å²) in [6, 6.07) is 18.7. The van der Waals surface area contributed by atoms with Crippen molar-refractivity contribution in [2.45, 2.75) is 32.9 Å². The highest BCUT2D eigenvalue weighted by atomic mass is 35.5. The molecular weight excluding hydrogens is 545 g/mol. The molecule has 1 N–H and O–H groups in total. The normalized spacial score (nSPS) is 12.1. The zero-order valence-electron chi connectivity index (χ0n) is 21.7. The van der Waals surface area contributed by atoms with E-state index < -0.39 is 34.4 Å². The molecule has 38 heavy (non-hydrogen) atoms. The maximum Gasteiger partial charge on any atom is 0.244 e. The lowest BCUT2D eigenvalue weighted by Crippen LogP contribution is -2.53. The van der Waals surface area contributed by atoms with Gasteiger partial charge in [0.1, 0.15) is 12.6 Å². The maximum atomic E-state index is 14.0. The fraction of sp³-hybridized carbons (Fsp3) is 0.286. The second-order valence-electron chi connectivity index (χ2n) is 9.05. The largest absolute Gasteiger partial charge is 0.357 e. The first kappa shape index (κ1) is 29.5. The van der Waals surface area contributed by atoms with Crippen LogP contribution >= 0.6 is 23.2 Å². The smallest absolute Gasteiger partial charge is 0.244 e. The highest BCUT2D eigenvalue weighted by Gasteiger charge is 2.34. The van der Waals surface area contributed by atoms with E-state index in [0.717, 1.165) is 16.1 Å². The molecule has 0 spiro atoms. The van der Waals surface area contributed by atoms with E-state index in [1.165, 1.54) is 11.9 Å². The number of nitrogens with zero attached hydrogens (tertiary/aromatic N) is 2. The van der Waals surface area contributed by atoms with Crippen molar-refractivity contribution >= 4 is 50.7 Å². The summed E-state index contributed by atoms with van der Waals surface area (Å²) >= 11 is 12.9. The lowest BCUT2D eigenvalue weighted by molar-refractivity contribution is -0.139. The molecule has 1 unspecified atom stereocenters. The summed E-state index contributed by atoms with van der Waals surface area (Å²) in [5.41, 5.74) is 3.13. The third-order valence-electron chi connectivity index (χ3n) is 6.28. The molecule has 202 valence electrons. The van der Waals surface area contributed by atoms with Crippen LogP contribution in [0.2, 0.25) is 10.0 Å². The second-order valence-corrected chi connectivity index (χ2v) is 11.8. The number of aryl methyl sites for hydroxylation is 2. The molecule has 3 rings (SSSR count). The number of para-hydroxylation sites is 1. The first-order valence-electron chi connectivity index (χ1n) is 12.0. The number of anilines is 1. The Balaban J connectivity index is 2.11. The minimum absolute atomic E-state index is 0.0907. The first-order chi connectivity index (χ1) is 17.9. The molecular formula is C28H31Cl2N3O4S. The molecule has 0 saturated carbocycles. The quantitative estimate of drug-likeness (QED) is 0.377. The minimum atomic E-state index is -3.86. The molecule has 0 aliphatic rings. The lowest BCUT2D eigenvalue weighted by atomic mass is 10.0. The van der Waals surface area contributed by atoms with Gasteiger partial charge in [-0.25, -0.2) is 8.42 Å². The van der Waals surface area contributed by atoms with E-state index in [4.69, 9.17) is 23.2 Å². The Labute approximate surface area is 234 Å². The van der Waals surface area contributed by atoms with Crippen molar-refractivity contribution in [3.63, 3.8) is 0 Å². The van der Waals surface area contributed by atoms with E-state index >= 15 is 0 Å². The Hall–Kier alpha value is -3.07. The Morgan fingerprint density at radius 3 is 1.97 bits per heavy atom. The van der Waals surface area contributed by atoms with E-state index in [0.29, 0.717) is 32.4 Å². The summed E-state index contributed by atoms with van der Waals surface area (Å²) < 4.78 is 27.0. The molecule has 0 aliphatic carbocycles. The van der Waals surface area contributed by atoms with Crippen LogP contribution in [0.3, 0.4) is 0 Å². The van der Waals surface area contributed by atoms with Gasteiger partial charge in [0, 0.05) is 35.6 Å². The van der Waals surface area contributed by atoms with E-state index in [-0.39, 0.29) is 13.0 Å². The second kappa shape index (κ2) is 12.7. The van der Waals surface area contributed by atoms with Gasteiger partial charge in [-0.15, -0.1) is 0 Å². The summed E-state index contributed by atoms with van der Waals surface area (Å²) in [4.78, 5) is 28.6. The summed E-state index contributed by atoms with van der Waals surface area (Å²) in [6.45, 7) is 2.98. The molecule has 0 aromatic heterocycles. The topological polar surface area (TPSA) is 86.8 Å². The molecule has 0 fully saturated rings. The molecule has 0 radical (unpaired) electrons. The van der Waals surface area contributed by atoms with Gasteiger partial charge in [-0.2, -0.15) is 0 Å². The van der Waals surface area contributed by atoms with E-state index in [9.17, 15) is 18.0 Å². The molecule has 3 aromatic carbocycles. The van der Waals surface area contributed by atoms with Gasteiger partial charge in [-0.1, -0.05) is 77.8 Å². The van der Waals surface area contributed by atoms with Gasteiger partial charge in [-0.3, -0.25) is 13.9 Å². The first-order valence-corrected chi connectivity index (χ1v) is 14.6. The van der Waals surface area contributed by atoms with E-state index in [2.05, 4.69) is 5.32 Å². The van der Waals surface area contributed by atoms with E-state index in [1.807, 2.05) is 36.4 Å². The van der Waals surface area contributed by atoms with Crippen LogP contribution in [0.4, 0.5) is 5.69 Å². The van der Waals surface area contributed by atoms with Crippen LogP contribution in [0.5, 0.6) is 0 Å². The van der Waals surface area contributed by atoms with Crippen LogP contribution in [0.15, 0.2) is 66.7 Å². The lowest BCUT2D eigenvalue weighted by Gasteiger charge is -2.34. The van der Waals surface area contributed by atoms with Crippen molar-refractivity contribution in [1.82, 2.24) is 10.2 Å². The average molecular weight is 577 g/mol. The van der Waals surface area contributed by atoms with Crippen molar-refractivity contribution in [2.75, 3.05) is 24.2 Å². The Kier molecular flexibility index (Phi) is 9.82. The summed E-state index contributed by atoms with van der Waals surface area (Å²) in [7, 11) is -2.37. The average Bonchev–Trinajstić information content (AvgIpc) is 2.86. The fourth-order valence-corrected chi connectivity index (χ4v) is 5.83. The standard InChI is InChI=1S/C28H31Cl2N3O4S/c1-19-10-8-11-20(2)27(19)33(38(4,36)37)18-26(34)32(17-22-23(29)14-9-15-24(22)30)25(28(35)31-3)16-21-12-6-5-7-13-21/h5-15,25H,16-18H2,1-4H3,(H,31,35). The zero-order chi connectivity index (χ0) is 28.0. The number of benzene rings is 3. The monoisotopic (exact) mass is 575 g/mol. The predicted molar refractivity (Wildman–Crippen MR) is 153 cm³/mol. The van der Waals surface area contributed by atoms with Crippen molar-refractivity contribution in [2.24, 2.45) is 0 Å². The number of carbonyl (C=O) groups is 2. The molecule has 10 heteroatoms. The van der Waals surface area contributed by atoms with Crippen molar-refractivity contribution < 1.29 is 18.0 Å². The van der Waals surface area contributed by atoms with Gasteiger partial charge in [0.15, 0.2) is 0 Å². The fourth-order valence-electron chi connectivity index (χ4n) is 4.35. The van der Waals surface area contributed by atoms with Crippen LogP contribution in [-0.4, -0.2) is 51.0 Å². The summed E-state index contributed by atoms with van der Waals surface area (Å²) in [5.74, 6) is -0.970. The molecule has 0 aliphatic heterocycles. The zero-order valence-corrected chi connectivity index (χ0v) is 24.1. The summed E-state index contributed by atoms with van der Waals surface area (Å²) in [5, 5.41) is 3.31. The van der Waals surface area contributed by atoms with Crippen LogP contribution in [0.25, 0.3) is 0 Å². The summed E-state index contributed by atoms with van der Waals surface area (Å²) in [6.07, 6.45) is 1.26. The third-order valence-corrected chi connectivity index (χ3v) is 8.10. The number of hydrogen-bond acceptors (Lipinski definition) is 4. The van der Waals surface area contributed by atoms with Crippen molar-refractivity contribution in [3.05, 3.63) is 99.0 Å². The number of sulfonamides is 1. The van der Waals surface area contributed by atoms with Gasteiger partial charge in [0.05, 0.1) is 11.9 Å². The Bertz CT molecular complexity index is 1370. The molecule has 1 atom stereocenters. The van der Waals surface area contributed by atoms with Crippen LogP contribution in [0.1, 0.15) is 22.3 Å². The number of carbonyl (C=O) groups excluding carboxylic acids is 2. The van der Waals surface area contributed by atoms with Crippen LogP contribution in [-0.2, 0) is 32.6 Å². The number of likely N-dealkylation sites (N-methyl/N-ethyl adjacent to an activating group) is 1. The SMILES string of the molecule is CNC(=O)C(Cc1ccccc1)N(Cc1c(Cl)cccc1Cl)C(=O)CN(c1c(C)cccc1C)S(C)(=O)=O. The minimum Gasteiger partial charge on any atom is -0.357 e. The Morgan fingerprint density at radius 2 is 1.45 bits per heavy atom. The van der Waals surface area contributed by atoms with Crippen molar-refractivity contribution in [3.8, 4) is 0 Å². The van der Waals surface area contributed by atoms with Gasteiger partial charge in [0.2, 0.25) is 21.8 Å². The van der Waals surface area contributed by atoms with Crippen LogP contribution < -0.4 is 9.62 Å². The molecule has 2 amide bonds. The number of halogens is 2. The van der Waals surface area contributed by atoms with Crippen LogP contribution in [0, 0.1) is 13.8 Å². The predicted octanol–water partition coefficient (Wildman–Crippen LogP) is 4.76. The van der Waals surface area contributed by atoms with Gasteiger partial charge in [0.25, 0.3) is 0 Å². The molecule has 0 bridgehead atoms. The number of rotatable bonds is 10.